The van der Waals surface area contributed by atoms with Gasteiger partial charge in [-0.15, -0.1) is 0 Å². The first-order chi connectivity index (χ1) is 7.58. The minimum atomic E-state index is -0.524. The predicted octanol–water partition coefficient (Wildman–Crippen LogP) is -2.39. The Balaban J connectivity index is 0.000000165. The first kappa shape index (κ1) is 12.2. The third kappa shape index (κ3) is 4.57. The summed E-state index contributed by atoms with van der Waals surface area (Å²) >= 11 is 0. The fourth-order valence-electron chi connectivity index (χ4n) is 1.13. The van der Waals surface area contributed by atoms with Crippen molar-refractivity contribution >= 4 is 18.0 Å². The molecule has 2 rings (SSSR count). The average Bonchev–Trinajstić information content (AvgIpc) is 2.78. The molecule has 9 nitrogen and oxygen atoms in total. The molecule has 0 spiro atoms. The topological polar surface area (TPSA) is 129 Å². The van der Waals surface area contributed by atoms with Gasteiger partial charge in [-0.1, -0.05) is 0 Å². The average molecular weight is 230 g/mol. The molecule has 0 aliphatic carbocycles. The second-order valence-corrected chi connectivity index (χ2v) is 3.12. The van der Waals surface area contributed by atoms with Crippen molar-refractivity contribution in [2.75, 3.05) is 19.6 Å². The molecule has 6 N–H and O–H groups in total. The van der Waals surface area contributed by atoms with Crippen molar-refractivity contribution < 1.29 is 14.4 Å². The van der Waals surface area contributed by atoms with Gasteiger partial charge in [0.25, 0.3) is 0 Å². The standard InChI is InChI=1S/C4H10N4O.C3H4N2O2/c5-4(9)7-8-3-1-2-6-8;6-2-1-4-3(7)5-2/h6H,1-3H2,(H3,5,7,9);1H2,(H2,4,5,6,7). The quantitative estimate of drug-likeness (QED) is 0.321. The molecular weight excluding hydrogens is 216 g/mol. The van der Waals surface area contributed by atoms with Crippen LogP contribution in [-0.4, -0.2) is 42.7 Å². The first-order valence-corrected chi connectivity index (χ1v) is 4.73. The molecule has 2 fully saturated rings. The van der Waals surface area contributed by atoms with E-state index in [-0.39, 0.29) is 12.5 Å². The lowest BCUT2D eigenvalue weighted by molar-refractivity contribution is -0.117. The molecule has 16 heavy (non-hydrogen) atoms. The summed E-state index contributed by atoms with van der Waals surface area (Å²) in [5, 5.41) is 5.88. The van der Waals surface area contributed by atoms with Crippen molar-refractivity contribution in [3.05, 3.63) is 0 Å². The lowest BCUT2D eigenvalue weighted by Gasteiger charge is -2.13. The van der Waals surface area contributed by atoms with Gasteiger partial charge in [0.05, 0.1) is 6.54 Å². The molecule has 0 saturated carbocycles. The van der Waals surface area contributed by atoms with Crippen LogP contribution in [0.1, 0.15) is 6.42 Å². The number of nitrogens with one attached hydrogen (secondary N) is 4. The third-order valence-corrected chi connectivity index (χ3v) is 1.77. The first-order valence-electron chi connectivity index (χ1n) is 4.73. The van der Waals surface area contributed by atoms with Gasteiger partial charge >= 0.3 is 12.1 Å². The summed E-state index contributed by atoms with van der Waals surface area (Å²) in [6.45, 7) is 1.85. The van der Waals surface area contributed by atoms with E-state index in [1.807, 2.05) is 5.32 Å². The van der Waals surface area contributed by atoms with Crippen molar-refractivity contribution in [1.29, 1.82) is 0 Å². The summed E-state index contributed by atoms with van der Waals surface area (Å²) in [5.74, 6) is -0.259. The number of rotatable bonds is 1. The summed E-state index contributed by atoms with van der Waals surface area (Å²) in [5.41, 5.74) is 10.2. The normalized spacial score (nSPS) is 19.5. The number of nitrogens with two attached hydrogens (primary N) is 1. The zero-order valence-electron chi connectivity index (χ0n) is 8.58. The van der Waals surface area contributed by atoms with E-state index in [9.17, 15) is 14.4 Å². The highest BCUT2D eigenvalue weighted by molar-refractivity contribution is 6.01. The van der Waals surface area contributed by atoms with Gasteiger partial charge in [-0.3, -0.25) is 15.5 Å². The Labute approximate surface area is 91.6 Å². The number of hydrogen-bond donors (Lipinski definition) is 5. The van der Waals surface area contributed by atoms with Crippen LogP contribution in [0.15, 0.2) is 0 Å². The number of amides is 5. The maximum atomic E-state index is 10.2. The van der Waals surface area contributed by atoms with Gasteiger partial charge in [0.1, 0.15) is 0 Å². The zero-order chi connectivity index (χ0) is 12.0. The van der Waals surface area contributed by atoms with E-state index in [4.69, 9.17) is 5.73 Å². The van der Waals surface area contributed by atoms with E-state index in [1.165, 1.54) is 0 Å². The largest absolute Gasteiger partial charge is 0.351 e. The number of urea groups is 2. The summed E-state index contributed by atoms with van der Waals surface area (Å²) < 4.78 is 0. The number of carbonyl (C=O) groups is 3. The van der Waals surface area contributed by atoms with Gasteiger partial charge in [0.2, 0.25) is 5.91 Å². The van der Waals surface area contributed by atoms with E-state index in [2.05, 4.69) is 16.2 Å². The molecule has 2 aliphatic rings. The van der Waals surface area contributed by atoms with E-state index in [0.29, 0.717) is 0 Å². The Bertz CT molecular complexity index is 274. The highest BCUT2D eigenvalue weighted by atomic mass is 16.2. The fourth-order valence-corrected chi connectivity index (χ4v) is 1.13. The highest BCUT2D eigenvalue weighted by Crippen LogP contribution is 1.89. The van der Waals surface area contributed by atoms with Crippen molar-refractivity contribution in [2.45, 2.75) is 6.42 Å². The number of carbonyl (C=O) groups excluding carboxylic acids is 3. The summed E-state index contributed by atoms with van der Waals surface area (Å²) in [6.07, 6.45) is 1.04. The van der Waals surface area contributed by atoms with Crippen molar-refractivity contribution in [3.8, 4) is 0 Å². The molecule has 2 aliphatic heterocycles. The highest BCUT2D eigenvalue weighted by Gasteiger charge is 2.14. The van der Waals surface area contributed by atoms with E-state index >= 15 is 0 Å². The Hall–Kier alpha value is -1.87. The van der Waals surface area contributed by atoms with Crippen LogP contribution in [0.2, 0.25) is 0 Å². The number of hydrazine groups is 2. The van der Waals surface area contributed by atoms with Crippen LogP contribution < -0.4 is 27.2 Å². The molecule has 0 unspecified atom stereocenters. The molecule has 2 saturated heterocycles. The zero-order valence-corrected chi connectivity index (χ0v) is 8.58. The monoisotopic (exact) mass is 230 g/mol. The van der Waals surface area contributed by atoms with Gasteiger partial charge in [-0.05, 0) is 6.42 Å². The fraction of sp³-hybridized carbons (Fsp3) is 0.571. The van der Waals surface area contributed by atoms with Crippen LogP contribution in [0, 0.1) is 0 Å². The Morgan fingerprint density at radius 2 is 2.19 bits per heavy atom. The lowest BCUT2D eigenvalue weighted by Crippen LogP contribution is -2.48. The smallest absolute Gasteiger partial charge is 0.327 e. The number of imide groups is 1. The maximum Gasteiger partial charge on any atom is 0.327 e. The van der Waals surface area contributed by atoms with Gasteiger partial charge in [-0.2, -0.15) is 5.12 Å². The van der Waals surface area contributed by atoms with E-state index in [0.717, 1.165) is 19.5 Å². The molecule has 9 heteroatoms. The summed E-state index contributed by atoms with van der Waals surface area (Å²) in [7, 11) is 0. The van der Waals surface area contributed by atoms with Crippen LogP contribution in [0.3, 0.4) is 0 Å². The summed E-state index contributed by atoms with van der Waals surface area (Å²) in [4.78, 5) is 30.3. The minimum Gasteiger partial charge on any atom is -0.351 e. The van der Waals surface area contributed by atoms with E-state index in [1.54, 1.807) is 5.12 Å². The molecule has 0 aromatic rings. The second-order valence-electron chi connectivity index (χ2n) is 3.12. The number of primary amides is 1. The third-order valence-electron chi connectivity index (χ3n) is 1.77. The molecule has 0 radical (unpaired) electrons. The molecular formula is C7H14N6O3. The van der Waals surface area contributed by atoms with Crippen molar-refractivity contribution in [1.82, 2.24) is 26.6 Å². The lowest BCUT2D eigenvalue weighted by atomic mass is 10.5. The Morgan fingerprint density at radius 3 is 2.50 bits per heavy atom. The molecule has 2 heterocycles. The molecule has 0 atom stereocenters. The van der Waals surface area contributed by atoms with Crippen molar-refractivity contribution in [2.24, 2.45) is 5.73 Å². The molecule has 0 aromatic carbocycles. The van der Waals surface area contributed by atoms with Crippen LogP contribution in [0.4, 0.5) is 9.59 Å². The SMILES string of the molecule is NC(=O)NN1CCCN1.O=C1CNC(=O)N1. The van der Waals surface area contributed by atoms with Crippen molar-refractivity contribution in [3.63, 3.8) is 0 Å². The van der Waals surface area contributed by atoms with Crippen LogP contribution in [-0.2, 0) is 4.79 Å². The Morgan fingerprint density at radius 1 is 1.44 bits per heavy atom. The molecule has 90 valence electrons. The molecule has 0 bridgehead atoms. The number of nitrogens with zero attached hydrogens (tertiary/aromatic N) is 1. The predicted molar refractivity (Wildman–Crippen MR) is 53.6 cm³/mol. The van der Waals surface area contributed by atoms with Gasteiger partial charge in [-0.25, -0.2) is 15.0 Å². The van der Waals surface area contributed by atoms with Crippen LogP contribution in [0.25, 0.3) is 0 Å². The Kier molecular flexibility index (Phi) is 4.48. The van der Waals surface area contributed by atoms with Gasteiger partial charge in [0.15, 0.2) is 0 Å². The summed E-state index contributed by atoms with van der Waals surface area (Å²) in [6, 6.07) is -0.922. The number of hydrogen-bond acceptors (Lipinski definition) is 5. The molecule has 5 amide bonds. The van der Waals surface area contributed by atoms with E-state index < -0.39 is 12.1 Å². The molecule has 0 aromatic heterocycles. The van der Waals surface area contributed by atoms with Gasteiger partial charge < -0.3 is 11.1 Å². The van der Waals surface area contributed by atoms with Gasteiger partial charge in [0, 0.05) is 13.1 Å². The maximum absolute atomic E-state index is 10.2. The van der Waals surface area contributed by atoms with Crippen LogP contribution in [0.5, 0.6) is 0 Å². The second kappa shape index (κ2) is 5.88. The van der Waals surface area contributed by atoms with Crippen LogP contribution >= 0.6 is 0 Å². The minimum absolute atomic E-state index is 0.124.